The second kappa shape index (κ2) is 7.40. The number of piperazine rings is 1. The molecule has 0 bridgehead atoms. The van der Waals surface area contributed by atoms with Gasteiger partial charge < -0.3 is 14.5 Å². The Bertz CT molecular complexity index is 925. The van der Waals surface area contributed by atoms with Crippen LogP contribution in [0.25, 0.3) is 0 Å². The first-order valence-corrected chi connectivity index (χ1v) is 9.83. The molecular formula is C17H19ClN2O5S. The third-order valence-corrected chi connectivity index (χ3v) is 6.52. The Kier molecular flexibility index (Phi) is 5.38. The largest absolute Gasteiger partial charge is 0.463 e. The summed E-state index contributed by atoms with van der Waals surface area (Å²) in [5.74, 6) is -0.715. The maximum atomic E-state index is 13.3. The third kappa shape index (κ3) is 3.50. The smallest absolute Gasteiger partial charge is 0.373 e. The van der Waals surface area contributed by atoms with Gasteiger partial charge in [0.15, 0.2) is 0 Å². The Hall–Kier alpha value is -1.87. The summed E-state index contributed by atoms with van der Waals surface area (Å²) in [5, 5.41) is 3.75. The fraction of sp³-hybridized carbons (Fsp3) is 0.353. The molecule has 0 spiro atoms. The predicted molar refractivity (Wildman–Crippen MR) is 95.7 cm³/mol. The van der Waals surface area contributed by atoms with Crippen LogP contribution in [0.3, 0.4) is 0 Å². The van der Waals surface area contributed by atoms with Crippen molar-refractivity contribution >= 4 is 27.6 Å². The molecule has 1 N–H and O–H groups in total. The maximum Gasteiger partial charge on any atom is 0.373 e. The van der Waals surface area contributed by atoms with Crippen molar-refractivity contribution < 1.29 is 22.4 Å². The van der Waals surface area contributed by atoms with Gasteiger partial charge >= 0.3 is 5.97 Å². The molecule has 1 aliphatic heterocycles. The lowest BCUT2D eigenvalue weighted by atomic mass is 10.1. The van der Waals surface area contributed by atoms with Crippen LogP contribution in [-0.2, 0) is 14.8 Å². The first-order chi connectivity index (χ1) is 12.3. The summed E-state index contributed by atoms with van der Waals surface area (Å²) in [6, 6.07) is 7.92. The van der Waals surface area contributed by atoms with Crippen molar-refractivity contribution in [3.8, 4) is 0 Å². The Balaban J connectivity index is 2.01. The minimum Gasteiger partial charge on any atom is -0.463 e. The quantitative estimate of drug-likeness (QED) is 0.795. The van der Waals surface area contributed by atoms with Crippen LogP contribution in [0.1, 0.15) is 27.9 Å². The van der Waals surface area contributed by atoms with E-state index in [1.807, 2.05) is 6.07 Å². The van der Waals surface area contributed by atoms with Crippen LogP contribution in [0.2, 0.25) is 5.02 Å². The van der Waals surface area contributed by atoms with Gasteiger partial charge in [-0.3, -0.25) is 0 Å². The minimum atomic E-state index is -3.88. The molecule has 2 aromatic rings. The van der Waals surface area contributed by atoms with E-state index in [-0.39, 0.29) is 23.0 Å². The van der Waals surface area contributed by atoms with Crippen LogP contribution < -0.4 is 5.32 Å². The number of nitrogens with zero attached hydrogens (tertiary/aromatic N) is 1. The molecule has 9 heteroatoms. The monoisotopic (exact) mass is 398 g/mol. The number of carbonyl (C=O) groups is 1. The van der Waals surface area contributed by atoms with Gasteiger partial charge in [-0.1, -0.05) is 23.7 Å². The van der Waals surface area contributed by atoms with Gasteiger partial charge in [0.2, 0.25) is 15.8 Å². The van der Waals surface area contributed by atoms with E-state index in [2.05, 4.69) is 10.1 Å². The molecule has 1 atom stereocenters. The first-order valence-electron chi connectivity index (χ1n) is 8.01. The molecular weight excluding hydrogens is 380 g/mol. The van der Waals surface area contributed by atoms with Crippen molar-refractivity contribution in [1.29, 1.82) is 0 Å². The number of carbonyl (C=O) groups excluding carboxylic acids is 1. The summed E-state index contributed by atoms with van der Waals surface area (Å²) in [4.78, 5) is 11.6. The molecule has 2 heterocycles. The average Bonchev–Trinajstić information content (AvgIpc) is 3.03. The fourth-order valence-electron chi connectivity index (χ4n) is 3.02. The van der Waals surface area contributed by atoms with Crippen molar-refractivity contribution in [2.24, 2.45) is 0 Å². The Labute approximate surface area is 156 Å². The van der Waals surface area contributed by atoms with Crippen molar-refractivity contribution in [3.05, 3.63) is 52.4 Å². The van der Waals surface area contributed by atoms with Crippen molar-refractivity contribution in [1.82, 2.24) is 9.62 Å². The van der Waals surface area contributed by atoms with Gasteiger partial charge in [-0.25, -0.2) is 13.2 Å². The van der Waals surface area contributed by atoms with Crippen LogP contribution in [0.5, 0.6) is 0 Å². The number of hydrogen-bond donors (Lipinski definition) is 1. The van der Waals surface area contributed by atoms with Crippen molar-refractivity contribution in [2.75, 3.05) is 26.7 Å². The number of benzene rings is 1. The van der Waals surface area contributed by atoms with Crippen LogP contribution in [0, 0.1) is 6.92 Å². The van der Waals surface area contributed by atoms with Crippen molar-refractivity contribution in [3.63, 3.8) is 0 Å². The van der Waals surface area contributed by atoms with Crippen LogP contribution in [-0.4, -0.2) is 45.4 Å². The van der Waals surface area contributed by atoms with Gasteiger partial charge in [-0.05, 0) is 24.6 Å². The minimum absolute atomic E-state index is 0.0353. The Morgan fingerprint density at radius 3 is 2.85 bits per heavy atom. The van der Waals surface area contributed by atoms with Gasteiger partial charge in [-0.15, -0.1) is 0 Å². The maximum absolute atomic E-state index is 13.3. The normalized spacial score (nSPS) is 18.7. The molecule has 7 nitrogen and oxygen atoms in total. The van der Waals surface area contributed by atoms with E-state index in [9.17, 15) is 13.2 Å². The summed E-state index contributed by atoms with van der Waals surface area (Å²) in [7, 11) is -2.67. The molecule has 26 heavy (non-hydrogen) atoms. The van der Waals surface area contributed by atoms with E-state index in [0.29, 0.717) is 18.1 Å². The molecule has 1 aliphatic rings. The van der Waals surface area contributed by atoms with Crippen LogP contribution in [0.15, 0.2) is 39.6 Å². The molecule has 0 aliphatic carbocycles. The lowest BCUT2D eigenvalue weighted by Crippen LogP contribution is -2.48. The number of rotatable bonds is 4. The number of furan rings is 1. The second-order valence-corrected chi connectivity index (χ2v) is 8.21. The standard InChI is InChI=1S/C17H19ClN2O5S/c1-11-16(9-15(25-11)17(21)24-2)26(22,23)20-7-6-19-10-14(20)12-4-3-5-13(18)8-12/h3-5,8-9,14,19H,6-7,10H2,1-2H3. The summed E-state index contributed by atoms with van der Waals surface area (Å²) in [6.45, 7) is 2.78. The van der Waals surface area contributed by atoms with Gasteiger partial charge in [0.05, 0.1) is 13.2 Å². The highest BCUT2D eigenvalue weighted by atomic mass is 35.5. The summed E-state index contributed by atoms with van der Waals surface area (Å²) >= 11 is 6.07. The van der Waals surface area contributed by atoms with E-state index in [4.69, 9.17) is 16.0 Å². The van der Waals surface area contributed by atoms with E-state index < -0.39 is 22.0 Å². The SMILES string of the molecule is COC(=O)c1cc(S(=O)(=O)N2CCNCC2c2cccc(Cl)c2)c(C)o1. The van der Waals surface area contributed by atoms with E-state index in [1.165, 1.54) is 24.4 Å². The first kappa shape index (κ1) is 18.9. The number of esters is 1. The Morgan fingerprint density at radius 2 is 2.15 bits per heavy atom. The molecule has 1 fully saturated rings. The number of nitrogens with one attached hydrogen (secondary N) is 1. The van der Waals surface area contributed by atoms with Gasteiger partial charge in [0.25, 0.3) is 0 Å². The topological polar surface area (TPSA) is 88.9 Å². The fourth-order valence-corrected chi connectivity index (χ4v) is 5.00. The predicted octanol–water partition coefficient (Wildman–Crippen LogP) is 2.36. The van der Waals surface area contributed by atoms with Crippen LogP contribution in [0.4, 0.5) is 0 Å². The van der Waals surface area contributed by atoms with Gasteiger partial charge in [-0.2, -0.15) is 4.31 Å². The molecule has 0 radical (unpaired) electrons. The van der Waals surface area contributed by atoms with Gasteiger partial charge in [0.1, 0.15) is 10.7 Å². The zero-order valence-corrected chi connectivity index (χ0v) is 15.9. The number of ether oxygens (including phenoxy) is 1. The zero-order valence-electron chi connectivity index (χ0n) is 14.4. The Morgan fingerprint density at radius 1 is 1.38 bits per heavy atom. The molecule has 0 amide bonds. The highest BCUT2D eigenvalue weighted by Gasteiger charge is 2.37. The average molecular weight is 399 g/mol. The summed E-state index contributed by atoms with van der Waals surface area (Å²) < 4.78 is 37.8. The molecule has 1 unspecified atom stereocenters. The third-order valence-electron chi connectivity index (χ3n) is 4.27. The second-order valence-electron chi connectivity index (χ2n) is 5.91. The molecule has 1 aromatic heterocycles. The molecule has 1 saturated heterocycles. The number of hydrogen-bond acceptors (Lipinski definition) is 6. The number of methoxy groups -OCH3 is 1. The molecule has 0 saturated carbocycles. The van der Waals surface area contributed by atoms with Crippen LogP contribution >= 0.6 is 11.6 Å². The lowest BCUT2D eigenvalue weighted by molar-refractivity contribution is 0.0563. The highest BCUT2D eigenvalue weighted by Crippen LogP contribution is 2.32. The van der Waals surface area contributed by atoms with E-state index in [1.54, 1.807) is 18.2 Å². The number of halogens is 1. The lowest BCUT2D eigenvalue weighted by Gasteiger charge is -2.35. The molecule has 3 rings (SSSR count). The van der Waals surface area contributed by atoms with E-state index >= 15 is 0 Å². The molecule has 1 aromatic carbocycles. The number of sulfonamides is 1. The van der Waals surface area contributed by atoms with E-state index in [0.717, 1.165) is 5.56 Å². The van der Waals surface area contributed by atoms with Gasteiger partial charge in [0, 0.05) is 30.7 Å². The summed E-state index contributed by atoms with van der Waals surface area (Å²) in [6.07, 6.45) is 0. The van der Waals surface area contributed by atoms with Crippen molar-refractivity contribution in [2.45, 2.75) is 17.9 Å². The number of aryl methyl sites for hydroxylation is 1. The summed E-state index contributed by atoms with van der Waals surface area (Å²) in [5.41, 5.74) is 0.794. The zero-order chi connectivity index (χ0) is 18.9. The highest BCUT2D eigenvalue weighted by molar-refractivity contribution is 7.89. The molecule has 140 valence electrons.